The molecule has 3 heterocycles. The molecular weight excluding hydrogens is 493 g/mol. The van der Waals surface area contributed by atoms with Crippen LogP contribution in [0.5, 0.6) is 0 Å². The Hall–Kier alpha value is -3.75. The zero-order chi connectivity index (χ0) is 26.3. The molecule has 37 heavy (non-hydrogen) atoms. The summed E-state index contributed by atoms with van der Waals surface area (Å²) >= 11 is 6.10. The Labute approximate surface area is 219 Å². The fourth-order valence-corrected chi connectivity index (χ4v) is 5.20. The van der Waals surface area contributed by atoms with E-state index in [1.807, 2.05) is 44.4 Å². The highest BCUT2D eigenvalue weighted by atomic mass is 35.5. The lowest BCUT2D eigenvalue weighted by molar-refractivity contribution is -0.114. The summed E-state index contributed by atoms with van der Waals surface area (Å²) in [6, 6.07) is 15.0. The Kier molecular flexibility index (Phi) is 6.47. The number of carbonyl (C=O) groups excluding carboxylic acids is 2. The molecule has 2 aromatic heterocycles. The van der Waals surface area contributed by atoms with Gasteiger partial charge in [-0.3, -0.25) is 14.6 Å². The molecule has 1 aromatic carbocycles. The maximum absolute atomic E-state index is 16.4. The van der Waals surface area contributed by atoms with E-state index in [-0.39, 0.29) is 34.2 Å². The molecule has 0 spiro atoms. The molecule has 1 unspecified atom stereocenters. The van der Waals surface area contributed by atoms with Gasteiger partial charge in [0.2, 0.25) is 5.91 Å². The Morgan fingerprint density at radius 3 is 2.68 bits per heavy atom. The zero-order valence-electron chi connectivity index (χ0n) is 20.6. The van der Waals surface area contributed by atoms with Crippen LogP contribution in [0.3, 0.4) is 0 Å². The summed E-state index contributed by atoms with van der Waals surface area (Å²) in [7, 11) is 4.03. The van der Waals surface area contributed by atoms with Gasteiger partial charge in [-0.2, -0.15) is 0 Å². The fraction of sp³-hybridized carbons (Fsp3) is 0.250. The van der Waals surface area contributed by atoms with Crippen LogP contribution in [0.25, 0.3) is 0 Å². The minimum atomic E-state index is -2.22. The number of benzene rings is 1. The topological polar surface area (TPSA) is 84.5 Å². The molecule has 2 amide bonds. The van der Waals surface area contributed by atoms with Gasteiger partial charge in [-0.1, -0.05) is 35.9 Å². The SMILES string of the molecule is CN(C)Cc1ccc2n1Cc1ccccc1N(C(=O)c1cccnc1C1(F)C=C(C(N)=O)C(Cl)=CC1)C2. The fourth-order valence-electron chi connectivity index (χ4n) is 4.98. The molecule has 7 nitrogen and oxygen atoms in total. The van der Waals surface area contributed by atoms with E-state index in [0.717, 1.165) is 35.3 Å². The second-order valence-corrected chi connectivity index (χ2v) is 10.0. The van der Waals surface area contributed by atoms with Gasteiger partial charge in [0, 0.05) is 47.8 Å². The number of hydrogen-bond donors (Lipinski definition) is 1. The van der Waals surface area contributed by atoms with E-state index < -0.39 is 11.6 Å². The van der Waals surface area contributed by atoms with Crippen LogP contribution in [0.4, 0.5) is 10.1 Å². The van der Waals surface area contributed by atoms with Crippen LogP contribution < -0.4 is 10.6 Å². The molecule has 0 saturated carbocycles. The summed E-state index contributed by atoms with van der Waals surface area (Å²) in [6.07, 6.45) is 3.73. The van der Waals surface area contributed by atoms with Gasteiger partial charge in [-0.05, 0) is 56.1 Å². The van der Waals surface area contributed by atoms with Crippen molar-refractivity contribution in [1.29, 1.82) is 0 Å². The first-order chi connectivity index (χ1) is 17.7. The van der Waals surface area contributed by atoms with Crippen molar-refractivity contribution >= 4 is 29.1 Å². The maximum atomic E-state index is 16.4. The minimum Gasteiger partial charge on any atom is -0.366 e. The van der Waals surface area contributed by atoms with Gasteiger partial charge in [0.1, 0.15) is 0 Å². The summed E-state index contributed by atoms with van der Waals surface area (Å²) in [6.45, 7) is 1.69. The Balaban J connectivity index is 1.59. The molecule has 1 aliphatic heterocycles. The van der Waals surface area contributed by atoms with Crippen LogP contribution in [0.15, 0.2) is 77.5 Å². The third-order valence-corrected chi connectivity index (χ3v) is 7.08. The van der Waals surface area contributed by atoms with E-state index in [1.54, 1.807) is 17.0 Å². The number of halogens is 2. The average Bonchev–Trinajstić information content (AvgIpc) is 3.14. The number of amides is 2. The number of nitrogens with zero attached hydrogens (tertiary/aromatic N) is 4. The number of alkyl halides is 1. The molecule has 0 fully saturated rings. The molecule has 0 radical (unpaired) electrons. The average molecular weight is 520 g/mol. The minimum absolute atomic E-state index is 0.0791. The Morgan fingerprint density at radius 1 is 1.14 bits per heavy atom. The third-order valence-electron chi connectivity index (χ3n) is 6.72. The summed E-state index contributed by atoms with van der Waals surface area (Å²) in [4.78, 5) is 34.1. The summed E-state index contributed by atoms with van der Waals surface area (Å²) in [5.74, 6) is -1.23. The molecule has 3 aromatic rings. The van der Waals surface area contributed by atoms with Crippen molar-refractivity contribution in [2.45, 2.75) is 31.7 Å². The van der Waals surface area contributed by atoms with Crippen LogP contribution in [-0.2, 0) is 30.1 Å². The highest BCUT2D eigenvalue weighted by Crippen LogP contribution is 2.40. The molecular formula is C28H27ClFN5O2. The lowest BCUT2D eigenvalue weighted by atomic mass is 9.87. The van der Waals surface area contributed by atoms with Gasteiger partial charge in [-0.15, -0.1) is 0 Å². The second kappa shape index (κ2) is 9.61. The monoisotopic (exact) mass is 519 g/mol. The number of hydrogen-bond acceptors (Lipinski definition) is 4. The van der Waals surface area contributed by atoms with Crippen LogP contribution in [0, 0.1) is 0 Å². The lowest BCUT2D eigenvalue weighted by Gasteiger charge is -2.28. The van der Waals surface area contributed by atoms with Crippen molar-refractivity contribution in [3.63, 3.8) is 0 Å². The van der Waals surface area contributed by atoms with Crippen molar-refractivity contribution in [2.24, 2.45) is 5.73 Å². The zero-order valence-corrected chi connectivity index (χ0v) is 21.4. The third kappa shape index (κ3) is 4.58. The van der Waals surface area contributed by atoms with Crippen LogP contribution in [-0.4, -0.2) is 40.4 Å². The molecule has 0 bridgehead atoms. The first-order valence-electron chi connectivity index (χ1n) is 11.9. The number of fused-ring (bicyclic) bond motifs is 2. The Morgan fingerprint density at radius 2 is 1.92 bits per heavy atom. The molecule has 190 valence electrons. The van der Waals surface area contributed by atoms with E-state index in [9.17, 15) is 9.59 Å². The van der Waals surface area contributed by atoms with E-state index in [1.165, 1.54) is 12.3 Å². The van der Waals surface area contributed by atoms with Gasteiger partial charge in [0.05, 0.1) is 23.4 Å². The number of aromatic nitrogens is 2. The number of nitrogens with two attached hydrogens (primary N) is 1. The first-order valence-corrected chi connectivity index (χ1v) is 12.3. The van der Waals surface area contributed by atoms with Crippen molar-refractivity contribution in [3.8, 4) is 0 Å². The molecule has 1 atom stereocenters. The quantitative estimate of drug-likeness (QED) is 0.546. The van der Waals surface area contributed by atoms with E-state index in [2.05, 4.69) is 20.5 Å². The lowest BCUT2D eigenvalue weighted by Crippen LogP contribution is -2.34. The number of rotatable bonds is 5. The summed E-state index contributed by atoms with van der Waals surface area (Å²) in [5.41, 5.74) is 6.95. The predicted molar refractivity (Wildman–Crippen MR) is 141 cm³/mol. The Bertz CT molecular complexity index is 1460. The van der Waals surface area contributed by atoms with E-state index in [0.29, 0.717) is 13.1 Å². The van der Waals surface area contributed by atoms with Crippen LogP contribution in [0.1, 0.15) is 39.4 Å². The normalized spacial score (nSPS) is 19.0. The van der Waals surface area contributed by atoms with E-state index in [4.69, 9.17) is 17.3 Å². The first kappa shape index (κ1) is 24.9. The van der Waals surface area contributed by atoms with Crippen LogP contribution in [0.2, 0.25) is 0 Å². The van der Waals surface area contributed by atoms with Crippen molar-refractivity contribution in [3.05, 3.63) is 106 Å². The van der Waals surface area contributed by atoms with Crippen molar-refractivity contribution in [2.75, 3.05) is 19.0 Å². The predicted octanol–water partition coefficient (Wildman–Crippen LogP) is 4.26. The highest BCUT2D eigenvalue weighted by molar-refractivity contribution is 6.35. The van der Waals surface area contributed by atoms with Crippen LogP contribution >= 0.6 is 11.6 Å². The number of allylic oxidation sites excluding steroid dienone is 2. The number of para-hydroxylation sites is 1. The number of carbonyl (C=O) groups is 2. The van der Waals surface area contributed by atoms with E-state index >= 15 is 4.39 Å². The number of anilines is 1. The molecule has 2 aliphatic rings. The maximum Gasteiger partial charge on any atom is 0.260 e. The van der Waals surface area contributed by atoms with Crippen molar-refractivity contribution < 1.29 is 14.0 Å². The molecule has 5 rings (SSSR count). The molecule has 0 saturated heterocycles. The highest BCUT2D eigenvalue weighted by Gasteiger charge is 2.39. The second-order valence-electron chi connectivity index (χ2n) is 9.60. The standard InChI is InChI=1S/C28H27ClFN5O2/c1-33(2)16-19-9-10-20-17-35(24-8-4-3-6-18(24)15-34(19)20)27(37)21-7-5-13-32-25(21)28(30)12-11-23(29)22(14-28)26(31)36/h3-11,13-14H,12,15-17H2,1-2H3,(H2,31,36). The molecule has 9 heteroatoms. The van der Waals surface area contributed by atoms with Gasteiger partial charge in [0.15, 0.2) is 5.67 Å². The number of primary amides is 1. The molecule has 2 N–H and O–H groups in total. The van der Waals surface area contributed by atoms with Gasteiger partial charge >= 0.3 is 0 Å². The summed E-state index contributed by atoms with van der Waals surface area (Å²) in [5, 5.41) is 0.0836. The van der Waals surface area contributed by atoms with Gasteiger partial charge in [-0.25, -0.2) is 4.39 Å². The van der Waals surface area contributed by atoms with Crippen molar-refractivity contribution in [1.82, 2.24) is 14.5 Å². The number of pyridine rings is 1. The summed E-state index contributed by atoms with van der Waals surface area (Å²) < 4.78 is 18.6. The van der Waals surface area contributed by atoms with Gasteiger partial charge < -0.3 is 20.1 Å². The smallest absolute Gasteiger partial charge is 0.260 e. The molecule has 1 aliphatic carbocycles. The van der Waals surface area contributed by atoms with Gasteiger partial charge in [0.25, 0.3) is 5.91 Å². The largest absolute Gasteiger partial charge is 0.366 e.